The summed E-state index contributed by atoms with van der Waals surface area (Å²) in [5, 5.41) is 4.75. The van der Waals surface area contributed by atoms with Gasteiger partial charge in [0.2, 0.25) is 15.9 Å². The lowest BCUT2D eigenvalue weighted by molar-refractivity contribution is -0.121. The molecule has 3 aromatic carbocycles. The molecule has 0 spiro atoms. The molecule has 1 aliphatic rings. The second kappa shape index (κ2) is 9.43. The van der Waals surface area contributed by atoms with E-state index in [1.807, 2.05) is 42.2 Å². The highest BCUT2D eigenvalue weighted by atomic mass is 32.2. The van der Waals surface area contributed by atoms with E-state index in [9.17, 15) is 18.0 Å². The van der Waals surface area contributed by atoms with Crippen LogP contribution in [0.2, 0.25) is 0 Å². The number of carbonyl (C=O) groups is 2. The molecule has 0 unspecified atom stereocenters. The van der Waals surface area contributed by atoms with Crippen molar-refractivity contribution in [3.8, 4) is 0 Å². The molecule has 172 valence electrons. The first kappa shape index (κ1) is 23.1. The van der Waals surface area contributed by atoms with Crippen LogP contribution in [0, 0.1) is 0 Å². The molecule has 0 aromatic heterocycles. The van der Waals surface area contributed by atoms with Crippen LogP contribution >= 0.6 is 0 Å². The number of hydrogen-bond donors (Lipinski definition) is 1. The van der Waals surface area contributed by atoms with Crippen LogP contribution in [-0.2, 0) is 14.8 Å². The molecule has 4 rings (SSSR count). The molecule has 0 saturated carbocycles. The van der Waals surface area contributed by atoms with Gasteiger partial charge in [-0.3, -0.25) is 14.5 Å². The topological polar surface area (TPSA) is 86.8 Å². The van der Waals surface area contributed by atoms with Gasteiger partial charge in [-0.15, -0.1) is 0 Å². The summed E-state index contributed by atoms with van der Waals surface area (Å²) in [6.45, 7) is 4.87. The van der Waals surface area contributed by atoms with Crippen molar-refractivity contribution in [1.29, 1.82) is 0 Å². The van der Waals surface area contributed by atoms with E-state index in [1.54, 1.807) is 36.4 Å². The van der Waals surface area contributed by atoms with Gasteiger partial charge in [0, 0.05) is 37.4 Å². The molecule has 33 heavy (non-hydrogen) atoms. The Kier molecular flexibility index (Phi) is 6.60. The third-order valence-corrected chi connectivity index (χ3v) is 8.01. The van der Waals surface area contributed by atoms with E-state index in [0.717, 1.165) is 10.8 Å². The Balaban J connectivity index is 1.37. The third kappa shape index (κ3) is 4.98. The normalized spacial score (nSPS) is 16.4. The number of nitrogens with one attached hydrogen (secondary N) is 1. The Labute approximate surface area is 194 Å². The van der Waals surface area contributed by atoms with Gasteiger partial charge < -0.3 is 5.32 Å². The molecule has 1 N–H and O–H groups in total. The van der Waals surface area contributed by atoms with Crippen LogP contribution in [0.4, 0.5) is 5.69 Å². The fourth-order valence-electron chi connectivity index (χ4n) is 4.01. The van der Waals surface area contributed by atoms with Gasteiger partial charge >= 0.3 is 0 Å². The second-order valence-electron chi connectivity index (χ2n) is 8.25. The largest absolute Gasteiger partial charge is 0.325 e. The van der Waals surface area contributed by atoms with Gasteiger partial charge in [-0.2, -0.15) is 4.31 Å². The molecule has 1 amide bonds. The van der Waals surface area contributed by atoms with Crippen molar-refractivity contribution in [2.45, 2.75) is 24.8 Å². The molecule has 0 radical (unpaired) electrons. The van der Waals surface area contributed by atoms with Gasteiger partial charge in [-0.25, -0.2) is 8.42 Å². The average Bonchev–Trinajstić information content (AvgIpc) is 2.83. The lowest BCUT2D eigenvalue weighted by Crippen LogP contribution is -2.53. The summed E-state index contributed by atoms with van der Waals surface area (Å²) in [5.74, 6) is -0.200. The fourth-order valence-corrected chi connectivity index (χ4v) is 5.47. The third-order valence-electron chi connectivity index (χ3n) is 6.12. The average molecular weight is 466 g/mol. The van der Waals surface area contributed by atoms with Gasteiger partial charge in [-0.05, 0) is 61.0 Å². The smallest absolute Gasteiger partial charge is 0.243 e. The summed E-state index contributed by atoms with van der Waals surface area (Å²) in [4.78, 5) is 26.4. The summed E-state index contributed by atoms with van der Waals surface area (Å²) < 4.78 is 27.8. The molecule has 3 aromatic rings. The molecular formula is C25H27N3O4S. The molecule has 1 heterocycles. The van der Waals surface area contributed by atoms with Crippen LogP contribution in [0.5, 0.6) is 0 Å². The van der Waals surface area contributed by atoms with Crippen LogP contribution in [0.1, 0.15) is 24.2 Å². The van der Waals surface area contributed by atoms with E-state index >= 15 is 0 Å². The van der Waals surface area contributed by atoms with Crippen LogP contribution in [0.15, 0.2) is 71.6 Å². The number of carbonyl (C=O) groups excluding carboxylic acids is 2. The van der Waals surface area contributed by atoms with Crippen LogP contribution in [0.25, 0.3) is 10.8 Å². The number of nitrogens with zero attached hydrogens (tertiary/aromatic N) is 2. The van der Waals surface area contributed by atoms with Gasteiger partial charge in [0.05, 0.1) is 10.9 Å². The number of fused-ring (bicyclic) bond motifs is 1. The van der Waals surface area contributed by atoms with E-state index in [1.165, 1.54) is 11.2 Å². The SMILES string of the molecule is CC(=O)c1ccc(NC(=O)[C@@H](C)N2CCN(S(=O)(=O)c3ccc4ccccc4c3)CC2)cc1. The Morgan fingerprint density at radius 1 is 0.879 bits per heavy atom. The summed E-state index contributed by atoms with van der Waals surface area (Å²) >= 11 is 0. The molecular weight excluding hydrogens is 438 g/mol. The minimum Gasteiger partial charge on any atom is -0.325 e. The Hall–Kier alpha value is -3.07. The molecule has 1 fully saturated rings. The molecule has 7 nitrogen and oxygen atoms in total. The number of anilines is 1. The first-order valence-electron chi connectivity index (χ1n) is 10.9. The molecule has 8 heteroatoms. The molecule has 0 bridgehead atoms. The van der Waals surface area contributed by atoms with Crippen LogP contribution < -0.4 is 5.32 Å². The van der Waals surface area contributed by atoms with Crippen molar-refractivity contribution in [3.63, 3.8) is 0 Å². The minimum atomic E-state index is -3.60. The first-order valence-corrected chi connectivity index (χ1v) is 12.3. The van der Waals surface area contributed by atoms with Gasteiger partial charge in [0.15, 0.2) is 5.78 Å². The maximum atomic E-state index is 13.2. The number of rotatable bonds is 6. The van der Waals surface area contributed by atoms with Crippen molar-refractivity contribution >= 4 is 38.2 Å². The summed E-state index contributed by atoms with van der Waals surface area (Å²) in [6, 6.07) is 19.2. The Morgan fingerprint density at radius 2 is 1.52 bits per heavy atom. The van der Waals surface area contributed by atoms with E-state index in [4.69, 9.17) is 0 Å². The summed E-state index contributed by atoms with van der Waals surface area (Å²) in [7, 11) is -3.60. The number of benzene rings is 3. The van der Waals surface area contributed by atoms with Crippen molar-refractivity contribution < 1.29 is 18.0 Å². The zero-order valence-corrected chi connectivity index (χ0v) is 19.5. The molecule has 1 saturated heterocycles. The molecule has 1 aliphatic heterocycles. The lowest BCUT2D eigenvalue weighted by Gasteiger charge is -2.36. The predicted molar refractivity (Wildman–Crippen MR) is 129 cm³/mol. The van der Waals surface area contributed by atoms with Gasteiger partial charge in [0.25, 0.3) is 0 Å². The van der Waals surface area contributed by atoms with Crippen molar-refractivity contribution in [1.82, 2.24) is 9.21 Å². The van der Waals surface area contributed by atoms with Crippen LogP contribution in [0.3, 0.4) is 0 Å². The summed E-state index contributed by atoms with van der Waals surface area (Å²) in [6.07, 6.45) is 0. The first-order chi connectivity index (χ1) is 15.8. The minimum absolute atomic E-state index is 0.0299. The predicted octanol–water partition coefficient (Wildman–Crippen LogP) is 3.38. The number of Topliss-reactive ketones (excluding diaryl/α,β-unsaturated/α-hetero) is 1. The zero-order chi connectivity index (χ0) is 23.6. The standard InChI is InChI=1S/C25H27N3O4S/c1-18(25(30)26-23-10-7-20(8-11-23)19(2)29)27-13-15-28(16-14-27)33(31,32)24-12-9-21-5-3-4-6-22(21)17-24/h3-12,17-18H,13-16H2,1-2H3,(H,26,30)/t18-/m1/s1. The second-order valence-corrected chi connectivity index (χ2v) is 10.2. The van der Waals surface area contributed by atoms with Crippen LogP contribution in [-0.4, -0.2) is 61.5 Å². The Bertz CT molecular complexity index is 1280. The van der Waals surface area contributed by atoms with Gasteiger partial charge in [0.1, 0.15) is 0 Å². The number of amides is 1. The van der Waals surface area contributed by atoms with Crippen molar-refractivity contribution in [2.24, 2.45) is 0 Å². The lowest BCUT2D eigenvalue weighted by atomic mass is 10.1. The van der Waals surface area contributed by atoms with E-state index in [2.05, 4.69) is 5.32 Å². The van der Waals surface area contributed by atoms with E-state index in [0.29, 0.717) is 37.4 Å². The van der Waals surface area contributed by atoms with E-state index in [-0.39, 0.29) is 16.6 Å². The van der Waals surface area contributed by atoms with Crippen molar-refractivity contribution in [3.05, 3.63) is 72.3 Å². The molecule has 0 aliphatic carbocycles. The Morgan fingerprint density at radius 3 is 2.15 bits per heavy atom. The number of sulfonamides is 1. The zero-order valence-electron chi connectivity index (χ0n) is 18.7. The number of hydrogen-bond acceptors (Lipinski definition) is 5. The highest BCUT2D eigenvalue weighted by molar-refractivity contribution is 7.89. The molecule has 1 atom stereocenters. The highest BCUT2D eigenvalue weighted by Gasteiger charge is 2.32. The fraction of sp³-hybridized carbons (Fsp3) is 0.280. The summed E-state index contributed by atoms with van der Waals surface area (Å²) in [5.41, 5.74) is 1.21. The van der Waals surface area contributed by atoms with E-state index < -0.39 is 16.1 Å². The maximum Gasteiger partial charge on any atom is 0.243 e. The number of piperazine rings is 1. The quantitative estimate of drug-likeness (QED) is 0.564. The maximum absolute atomic E-state index is 13.2. The number of ketones is 1. The highest BCUT2D eigenvalue weighted by Crippen LogP contribution is 2.23. The van der Waals surface area contributed by atoms with Crippen molar-refractivity contribution in [2.75, 3.05) is 31.5 Å². The monoisotopic (exact) mass is 465 g/mol. The van der Waals surface area contributed by atoms with Gasteiger partial charge in [-0.1, -0.05) is 30.3 Å².